The zero-order valence-electron chi connectivity index (χ0n) is 8.99. The molecule has 0 aliphatic carbocycles. The Hall–Kier alpha value is -1.26. The molecule has 0 aliphatic rings. The highest BCUT2D eigenvalue weighted by Crippen LogP contribution is 2.21. The molecule has 4 nitrogen and oxygen atoms in total. The van der Waals surface area contributed by atoms with E-state index in [1.54, 1.807) is 16.7 Å². The molecule has 0 radical (unpaired) electrons. The number of nitrogens with zero attached hydrogens (tertiary/aromatic N) is 2. The first kappa shape index (κ1) is 12.2. The minimum Gasteiger partial charge on any atom is -0.368 e. The van der Waals surface area contributed by atoms with Gasteiger partial charge in [0.05, 0.1) is 11.0 Å². The Morgan fingerprint density at radius 2 is 2.24 bits per heavy atom. The SMILES string of the molecule is NC(=O)Cn1c(CCCl)nc2ccc(Cl)cc21. The molecule has 1 aromatic carbocycles. The van der Waals surface area contributed by atoms with E-state index in [4.69, 9.17) is 28.9 Å². The van der Waals surface area contributed by atoms with Crippen molar-refractivity contribution in [1.29, 1.82) is 0 Å². The van der Waals surface area contributed by atoms with Crippen molar-refractivity contribution in [2.75, 3.05) is 5.88 Å². The molecule has 0 aliphatic heterocycles. The van der Waals surface area contributed by atoms with Crippen LogP contribution in [-0.2, 0) is 17.8 Å². The summed E-state index contributed by atoms with van der Waals surface area (Å²) in [6.45, 7) is 0.0864. The molecule has 1 aromatic heterocycles. The van der Waals surface area contributed by atoms with Crippen LogP contribution in [0.25, 0.3) is 11.0 Å². The molecule has 2 rings (SSSR count). The minimum atomic E-state index is -0.417. The van der Waals surface area contributed by atoms with Crippen molar-refractivity contribution in [3.8, 4) is 0 Å². The van der Waals surface area contributed by atoms with E-state index in [1.807, 2.05) is 6.07 Å². The summed E-state index contributed by atoms with van der Waals surface area (Å²) in [6, 6.07) is 5.34. The number of hydrogen-bond acceptors (Lipinski definition) is 2. The normalized spacial score (nSPS) is 10.9. The summed E-state index contributed by atoms with van der Waals surface area (Å²) < 4.78 is 1.76. The standard InChI is InChI=1S/C11H11Cl2N3O/c12-4-3-11-15-8-2-1-7(13)5-9(8)16(11)6-10(14)17/h1-2,5H,3-4,6H2,(H2,14,17). The third kappa shape index (κ3) is 2.53. The van der Waals surface area contributed by atoms with Crippen molar-refractivity contribution in [3.63, 3.8) is 0 Å². The number of carbonyl (C=O) groups excluding carboxylic acids is 1. The van der Waals surface area contributed by atoms with E-state index >= 15 is 0 Å². The molecule has 0 bridgehead atoms. The van der Waals surface area contributed by atoms with Gasteiger partial charge in [0.1, 0.15) is 12.4 Å². The van der Waals surface area contributed by atoms with Gasteiger partial charge in [-0.25, -0.2) is 4.98 Å². The van der Waals surface area contributed by atoms with E-state index < -0.39 is 5.91 Å². The summed E-state index contributed by atoms with van der Waals surface area (Å²) in [5.74, 6) is 0.770. The quantitative estimate of drug-likeness (QED) is 0.865. The predicted molar refractivity (Wildman–Crippen MR) is 68.4 cm³/mol. The lowest BCUT2D eigenvalue weighted by Crippen LogP contribution is -2.20. The van der Waals surface area contributed by atoms with Gasteiger partial charge in [0, 0.05) is 17.3 Å². The zero-order valence-corrected chi connectivity index (χ0v) is 10.5. The molecule has 0 atom stereocenters. The molecule has 6 heteroatoms. The van der Waals surface area contributed by atoms with Gasteiger partial charge in [-0.1, -0.05) is 11.6 Å². The molecule has 0 spiro atoms. The lowest BCUT2D eigenvalue weighted by molar-refractivity contribution is -0.118. The molecule has 1 amide bonds. The number of amides is 1. The van der Waals surface area contributed by atoms with Crippen molar-refractivity contribution in [2.45, 2.75) is 13.0 Å². The Labute approximate surface area is 108 Å². The summed E-state index contributed by atoms with van der Waals surface area (Å²) in [7, 11) is 0. The van der Waals surface area contributed by atoms with Crippen molar-refractivity contribution in [1.82, 2.24) is 9.55 Å². The van der Waals surface area contributed by atoms with Gasteiger partial charge in [-0.3, -0.25) is 4.79 Å². The largest absolute Gasteiger partial charge is 0.368 e. The van der Waals surface area contributed by atoms with Crippen LogP contribution in [-0.4, -0.2) is 21.3 Å². The summed E-state index contributed by atoms with van der Waals surface area (Å²) >= 11 is 11.6. The summed E-state index contributed by atoms with van der Waals surface area (Å²) in [5, 5.41) is 0.598. The molecule has 2 aromatic rings. The maximum absolute atomic E-state index is 11.1. The minimum absolute atomic E-state index is 0.0864. The van der Waals surface area contributed by atoms with E-state index in [1.165, 1.54) is 0 Å². The van der Waals surface area contributed by atoms with Crippen LogP contribution in [0.3, 0.4) is 0 Å². The number of rotatable bonds is 4. The number of aromatic nitrogens is 2. The predicted octanol–water partition coefficient (Wildman–Crippen LogP) is 1.96. The van der Waals surface area contributed by atoms with Crippen molar-refractivity contribution in [2.24, 2.45) is 5.73 Å². The van der Waals surface area contributed by atoms with Crippen LogP contribution < -0.4 is 5.73 Å². The topological polar surface area (TPSA) is 60.9 Å². The third-order valence-electron chi connectivity index (χ3n) is 2.42. The van der Waals surface area contributed by atoms with Crippen LogP contribution >= 0.6 is 23.2 Å². The lowest BCUT2D eigenvalue weighted by atomic mass is 10.3. The third-order valence-corrected chi connectivity index (χ3v) is 2.85. The highest BCUT2D eigenvalue weighted by Gasteiger charge is 2.12. The van der Waals surface area contributed by atoms with E-state index in [-0.39, 0.29) is 6.54 Å². The number of carbonyl (C=O) groups is 1. The lowest BCUT2D eigenvalue weighted by Gasteiger charge is -2.05. The Morgan fingerprint density at radius 3 is 2.88 bits per heavy atom. The molecule has 0 fully saturated rings. The molecular weight excluding hydrogens is 261 g/mol. The molecule has 17 heavy (non-hydrogen) atoms. The fraction of sp³-hybridized carbons (Fsp3) is 0.273. The van der Waals surface area contributed by atoms with E-state index in [2.05, 4.69) is 4.98 Å². The molecule has 0 unspecified atom stereocenters. The smallest absolute Gasteiger partial charge is 0.237 e. The summed E-state index contributed by atoms with van der Waals surface area (Å²) in [5.41, 5.74) is 6.81. The first-order valence-electron chi connectivity index (χ1n) is 5.10. The van der Waals surface area contributed by atoms with Crippen molar-refractivity contribution >= 4 is 40.1 Å². The van der Waals surface area contributed by atoms with Gasteiger partial charge >= 0.3 is 0 Å². The fourth-order valence-corrected chi connectivity index (χ4v) is 2.09. The average Bonchev–Trinajstić information content (AvgIpc) is 2.57. The number of primary amides is 1. The average molecular weight is 272 g/mol. The first-order chi connectivity index (χ1) is 8.11. The first-order valence-corrected chi connectivity index (χ1v) is 6.02. The number of imidazole rings is 1. The van der Waals surface area contributed by atoms with Gasteiger partial charge in [0.15, 0.2) is 0 Å². The number of fused-ring (bicyclic) bond motifs is 1. The van der Waals surface area contributed by atoms with Gasteiger partial charge in [-0.2, -0.15) is 0 Å². The van der Waals surface area contributed by atoms with Crippen LogP contribution in [0.2, 0.25) is 5.02 Å². The van der Waals surface area contributed by atoms with Crippen LogP contribution in [0.1, 0.15) is 5.82 Å². The van der Waals surface area contributed by atoms with E-state index in [9.17, 15) is 4.79 Å². The molecule has 1 heterocycles. The second kappa shape index (κ2) is 4.94. The second-order valence-electron chi connectivity index (χ2n) is 3.65. The Morgan fingerprint density at radius 1 is 1.47 bits per heavy atom. The molecule has 2 N–H and O–H groups in total. The van der Waals surface area contributed by atoms with E-state index in [0.717, 1.165) is 16.9 Å². The van der Waals surface area contributed by atoms with Gasteiger partial charge in [0.2, 0.25) is 5.91 Å². The molecule has 0 saturated heterocycles. The number of aryl methyl sites for hydroxylation is 1. The van der Waals surface area contributed by atoms with E-state index in [0.29, 0.717) is 17.3 Å². The molecule has 0 saturated carbocycles. The Bertz CT molecular complexity index is 565. The number of alkyl halides is 1. The van der Waals surface area contributed by atoms with Crippen LogP contribution in [0.4, 0.5) is 0 Å². The Balaban J connectivity index is 2.59. The molecule has 90 valence electrons. The van der Waals surface area contributed by atoms with Gasteiger partial charge in [-0.15, -0.1) is 11.6 Å². The van der Waals surface area contributed by atoms with Crippen LogP contribution in [0, 0.1) is 0 Å². The second-order valence-corrected chi connectivity index (χ2v) is 4.47. The van der Waals surface area contributed by atoms with Crippen LogP contribution in [0.15, 0.2) is 18.2 Å². The summed E-state index contributed by atoms with van der Waals surface area (Å²) in [4.78, 5) is 15.5. The fourth-order valence-electron chi connectivity index (χ4n) is 1.75. The van der Waals surface area contributed by atoms with Crippen molar-refractivity contribution < 1.29 is 4.79 Å². The molecular formula is C11H11Cl2N3O. The van der Waals surface area contributed by atoms with Gasteiger partial charge < -0.3 is 10.3 Å². The maximum Gasteiger partial charge on any atom is 0.237 e. The summed E-state index contributed by atoms with van der Waals surface area (Å²) in [6.07, 6.45) is 0.584. The maximum atomic E-state index is 11.1. The highest BCUT2D eigenvalue weighted by molar-refractivity contribution is 6.31. The highest BCUT2D eigenvalue weighted by atomic mass is 35.5. The Kier molecular flexibility index (Phi) is 3.54. The van der Waals surface area contributed by atoms with Gasteiger partial charge in [0.25, 0.3) is 0 Å². The van der Waals surface area contributed by atoms with Crippen molar-refractivity contribution in [3.05, 3.63) is 29.0 Å². The number of nitrogens with two attached hydrogens (primary N) is 1. The monoisotopic (exact) mass is 271 g/mol. The number of benzene rings is 1. The van der Waals surface area contributed by atoms with Crippen LogP contribution in [0.5, 0.6) is 0 Å². The zero-order chi connectivity index (χ0) is 12.4. The number of halogens is 2. The number of hydrogen-bond donors (Lipinski definition) is 1. The van der Waals surface area contributed by atoms with Gasteiger partial charge in [-0.05, 0) is 18.2 Å².